The predicted molar refractivity (Wildman–Crippen MR) is 121 cm³/mol. The zero-order valence-corrected chi connectivity index (χ0v) is 18.1. The molecule has 7 nitrogen and oxygen atoms in total. The van der Waals surface area contributed by atoms with E-state index in [-0.39, 0.29) is 11.6 Å². The van der Waals surface area contributed by atoms with Crippen LogP contribution in [0.1, 0.15) is 36.5 Å². The molecule has 0 unspecified atom stereocenters. The lowest BCUT2D eigenvalue weighted by molar-refractivity contribution is -0.384. The van der Waals surface area contributed by atoms with Crippen molar-refractivity contribution in [2.75, 3.05) is 31.1 Å². The highest BCUT2D eigenvalue weighted by Gasteiger charge is 2.23. The summed E-state index contributed by atoms with van der Waals surface area (Å²) in [6.07, 6.45) is 2.03. The number of nitro benzene ring substituents is 1. The van der Waals surface area contributed by atoms with Crippen LogP contribution >= 0.6 is 0 Å². The second kappa shape index (κ2) is 8.41. The van der Waals surface area contributed by atoms with Crippen LogP contribution in [0.25, 0.3) is 11.0 Å². The van der Waals surface area contributed by atoms with Gasteiger partial charge in [0.25, 0.3) is 5.69 Å². The first-order valence-electron chi connectivity index (χ1n) is 10.6. The molecule has 1 amide bonds. The smallest absolute Gasteiger partial charge is 0.269 e. The molecule has 2 heterocycles. The zero-order chi connectivity index (χ0) is 22.1. The van der Waals surface area contributed by atoms with Crippen LogP contribution in [0, 0.1) is 17.0 Å². The van der Waals surface area contributed by atoms with E-state index >= 15 is 0 Å². The summed E-state index contributed by atoms with van der Waals surface area (Å²) in [7, 11) is 0. The summed E-state index contributed by atoms with van der Waals surface area (Å²) in [6.45, 7) is 9.09. The summed E-state index contributed by atoms with van der Waals surface area (Å²) >= 11 is 0. The fourth-order valence-electron chi connectivity index (χ4n) is 4.28. The van der Waals surface area contributed by atoms with E-state index in [9.17, 15) is 14.9 Å². The Hall–Kier alpha value is -3.35. The lowest BCUT2D eigenvalue weighted by Gasteiger charge is -2.36. The van der Waals surface area contributed by atoms with Crippen molar-refractivity contribution in [2.45, 2.75) is 33.1 Å². The number of amides is 1. The van der Waals surface area contributed by atoms with Gasteiger partial charge in [-0.15, -0.1) is 0 Å². The Bertz CT molecular complexity index is 1110. The van der Waals surface area contributed by atoms with E-state index in [1.807, 2.05) is 4.90 Å². The third-order valence-electron chi connectivity index (χ3n) is 6.06. The fourth-order valence-corrected chi connectivity index (χ4v) is 4.28. The number of carbonyl (C=O) groups is 1. The first-order chi connectivity index (χ1) is 14.8. The SMILES string of the molecule is Cc1cc2occ(CC(=O)N3CCN(c4ccc([N+](=O)[O-])cc4)CC3)c2cc1C(C)C. The van der Waals surface area contributed by atoms with Crippen molar-refractivity contribution in [3.05, 3.63) is 69.5 Å². The van der Waals surface area contributed by atoms with Gasteiger partial charge in [0.1, 0.15) is 5.58 Å². The van der Waals surface area contributed by atoms with E-state index in [0.717, 1.165) is 22.2 Å². The Labute approximate surface area is 181 Å². The maximum atomic E-state index is 12.9. The number of hydrogen-bond acceptors (Lipinski definition) is 5. The molecular weight excluding hydrogens is 394 g/mol. The number of benzene rings is 2. The molecule has 0 spiro atoms. The van der Waals surface area contributed by atoms with Crippen LogP contribution in [-0.4, -0.2) is 41.9 Å². The molecule has 31 heavy (non-hydrogen) atoms. The van der Waals surface area contributed by atoms with Gasteiger partial charge in [-0.3, -0.25) is 14.9 Å². The highest BCUT2D eigenvalue weighted by Crippen LogP contribution is 2.29. The Morgan fingerprint density at radius 3 is 2.42 bits per heavy atom. The molecular formula is C24H27N3O4. The van der Waals surface area contributed by atoms with Crippen LogP contribution in [0.5, 0.6) is 0 Å². The van der Waals surface area contributed by atoms with Crippen molar-refractivity contribution in [1.82, 2.24) is 4.90 Å². The van der Waals surface area contributed by atoms with Gasteiger partial charge in [0.15, 0.2) is 0 Å². The number of rotatable bonds is 5. The topological polar surface area (TPSA) is 79.8 Å². The molecule has 1 aliphatic rings. The predicted octanol–water partition coefficient (Wildman–Crippen LogP) is 4.66. The van der Waals surface area contributed by atoms with E-state index in [1.54, 1.807) is 18.4 Å². The summed E-state index contributed by atoms with van der Waals surface area (Å²) < 4.78 is 5.73. The van der Waals surface area contributed by atoms with Gasteiger partial charge < -0.3 is 14.2 Å². The summed E-state index contributed by atoms with van der Waals surface area (Å²) in [5.74, 6) is 0.507. The average Bonchev–Trinajstić information content (AvgIpc) is 3.14. The van der Waals surface area contributed by atoms with Crippen LogP contribution in [0.4, 0.5) is 11.4 Å². The van der Waals surface area contributed by atoms with E-state index < -0.39 is 4.92 Å². The maximum Gasteiger partial charge on any atom is 0.269 e. The number of furan rings is 1. The lowest BCUT2D eigenvalue weighted by atomic mass is 9.95. The molecule has 162 valence electrons. The van der Waals surface area contributed by atoms with Gasteiger partial charge in [0.2, 0.25) is 5.91 Å². The number of nitro groups is 1. The number of carbonyl (C=O) groups excluding carboxylic acids is 1. The van der Waals surface area contributed by atoms with E-state index in [0.29, 0.717) is 38.5 Å². The van der Waals surface area contributed by atoms with Crippen molar-refractivity contribution in [2.24, 2.45) is 0 Å². The molecule has 1 aromatic heterocycles. The number of nitrogens with zero attached hydrogens (tertiary/aromatic N) is 3. The number of aryl methyl sites for hydroxylation is 1. The fraction of sp³-hybridized carbons (Fsp3) is 0.375. The van der Waals surface area contributed by atoms with Crippen LogP contribution in [0.2, 0.25) is 0 Å². The summed E-state index contributed by atoms with van der Waals surface area (Å²) in [4.78, 5) is 27.4. The maximum absolute atomic E-state index is 12.9. The number of anilines is 1. The number of hydrogen-bond donors (Lipinski definition) is 0. The van der Waals surface area contributed by atoms with Gasteiger partial charge in [0, 0.05) is 54.9 Å². The van der Waals surface area contributed by atoms with Crippen LogP contribution < -0.4 is 4.90 Å². The normalized spacial score (nSPS) is 14.5. The molecule has 3 aromatic rings. The molecule has 0 aliphatic carbocycles. The van der Waals surface area contributed by atoms with E-state index in [2.05, 4.69) is 37.8 Å². The molecule has 2 aromatic carbocycles. The van der Waals surface area contributed by atoms with Crippen molar-refractivity contribution in [3.8, 4) is 0 Å². The van der Waals surface area contributed by atoms with Crippen LogP contribution in [0.15, 0.2) is 47.1 Å². The Morgan fingerprint density at radius 2 is 1.81 bits per heavy atom. The van der Waals surface area contributed by atoms with Crippen molar-refractivity contribution in [1.29, 1.82) is 0 Å². The average molecular weight is 421 g/mol. The van der Waals surface area contributed by atoms with Crippen LogP contribution in [0.3, 0.4) is 0 Å². The molecule has 0 saturated carbocycles. The van der Waals surface area contributed by atoms with Gasteiger partial charge in [-0.05, 0) is 48.2 Å². The van der Waals surface area contributed by atoms with Crippen molar-refractivity contribution >= 4 is 28.3 Å². The summed E-state index contributed by atoms with van der Waals surface area (Å²) in [5, 5.41) is 11.8. The van der Waals surface area contributed by atoms with Gasteiger partial charge in [-0.1, -0.05) is 13.8 Å². The Balaban J connectivity index is 1.41. The minimum absolute atomic E-state index is 0.0840. The van der Waals surface area contributed by atoms with Gasteiger partial charge in [-0.25, -0.2) is 0 Å². The molecule has 0 radical (unpaired) electrons. The quantitative estimate of drug-likeness (QED) is 0.442. The zero-order valence-electron chi connectivity index (χ0n) is 18.1. The highest BCUT2D eigenvalue weighted by atomic mass is 16.6. The largest absolute Gasteiger partial charge is 0.464 e. The third-order valence-corrected chi connectivity index (χ3v) is 6.06. The van der Waals surface area contributed by atoms with Crippen molar-refractivity contribution < 1.29 is 14.1 Å². The molecule has 0 atom stereocenters. The van der Waals surface area contributed by atoms with E-state index in [4.69, 9.17) is 4.42 Å². The lowest BCUT2D eigenvalue weighted by Crippen LogP contribution is -2.49. The summed E-state index contributed by atoms with van der Waals surface area (Å²) in [6, 6.07) is 10.8. The minimum Gasteiger partial charge on any atom is -0.464 e. The molecule has 4 rings (SSSR count). The Kier molecular flexibility index (Phi) is 5.67. The first kappa shape index (κ1) is 20.9. The standard InChI is InChI=1S/C24H27N3O4/c1-16(2)21-14-22-18(15-31-23(22)12-17(21)3)13-24(28)26-10-8-25(9-11-26)19-4-6-20(7-5-19)27(29)30/h4-7,12,14-16H,8-11,13H2,1-3H3. The molecule has 1 aliphatic heterocycles. The van der Waals surface area contributed by atoms with Crippen molar-refractivity contribution in [3.63, 3.8) is 0 Å². The molecule has 0 bridgehead atoms. The second-order valence-corrected chi connectivity index (χ2v) is 8.44. The number of piperazine rings is 1. The Morgan fingerprint density at radius 1 is 1.13 bits per heavy atom. The van der Waals surface area contributed by atoms with Crippen LogP contribution in [-0.2, 0) is 11.2 Å². The van der Waals surface area contributed by atoms with Gasteiger partial charge in [-0.2, -0.15) is 0 Å². The first-order valence-corrected chi connectivity index (χ1v) is 10.6. The van der Waals surface area contributed by atoms with Gasteiger partial charge >= 0.3 is 0 Å². The minimum atomic E-state index is -0.397. The monoisotopic (exact) mass is 421 g/mol. The molecule has 7 heteroatoms. The second-order valence-electron chi connectivity index (χ2n) is 8.44. The molecule has 1 fully saturated rings. The third kappa shape index (κ3) is 4.26. The van der Waals surface area contributed by atoms with Gasteiger partial charge in [0.05, 0.1) is 17.6 Å². The van der Waals surface area contributed by atoms with E-state index in [1.165, 1.54) is 23.3 Å². The highest BCUT2D eigenvalue weighted by molar-refractivity contribution is 5.88. The molecule has 0 N–H and O–H groups in total. The molecule has 1 saturated heterocycles. The number of non-ortho nitro benzene ring substituents is 1. The number of fused-ring (bicyclic) bond motifs is 1. The summed E-state index contributed by atoms with van der Waals surface area (Å²) in [5.41, 5.74) is 5.26.